The number of hydrogen-bond acceptors (Lipinski definition) is 6. The van der Waals surface area contributed by atoms with Crippen molar-refractivity contribution in [2.24, 2.45) is 0 Å². The maximum Gasteiger partial charge on any atom is 0.351 e. The van der Waals surface area contributed by atoms with Gasteiger partial charge >= 0.3 is 5.69 Å². The predicted molar refractivity (Wildman–Crippen MR) is 59.2 cm³/mol. The molecule has 2 rings (SSSR count). The van der Waals surface area contributed by atoms with Crippen LogP contribution in [-0.4, -0.2) is 38.1 Å². The van der Waals surface area contributed by atoms with Crippen LogP contribution in [0.25, 0.3) is 0 Å². The van der Waals surface area contributed by atoms with E-state index >= 15 is 0 Å². The van der Waals surface area contributed by atoms with Crippen LogP contribution in [0.2, 0.25) is 0 Å². The smallest absolute Gasteiger partial charge is 0.351 e. The average molecular weight is 241 g/mol. The lowest BCUT2D eigenvalue weighted by molar-refractivity contribution is -0.0350. The number of anilines is 1. The van der Waals surface area contributed by atoms with E-state index in [1.807, 2.05) is 0 Å². The summed E-state index contributed by atoms with van der Waals surface area (Å²) < 4.78 is 6.47. The summed E-state index contributed by atoms with van der Waals surface area (Å²) >= 11 is 0. The number of rotatable bonds is 1. The molecular formula is C10H15N3O4. The number of aromatic nitrogens is 2. The minimum Gasteiger partial charge on any atom is -0.388 e. The topological polar surface area (TPSA) is 111 Å². The molecule has 7 heteroatoms. The first-order valence-corrected chi connectivity index (χ1v) is 5.28. The fraction of sp³-hybridized carbons (Fsp3) is 0.600. The van der Waals surface area contributed by atoms with Crippen molar-refractivity contribution in [1.82, 2.24) is 9.55 Å². The van der Waals surface area contributed by atoms with Crippen LogP contribution in [0.3, 0.4) is 0 Å². The second-order valence-corrected chi connectivity index (χ2v) is 4.21. The Labute approximate surface area is 97.5 Å². The largest absolute Gasteiger partial charge is 0.388 e. The summed E-state index contributed by atoms with van der Waals surface area (Å²) in [5.41, 5.74) is 5.49. The number of aliphatic hydroxyl groups excluding tert-OH is 2. The van der Waals surface area contributed by atoms with Crippen molar-refractivity contribution < 1.29 is 14.9 Å². The first kappa shape index (κ1) is 12.0. The average Bonchev–Trinajstić information content (AvgIpc) is 2.51. The summed E-state index contributed by atoms with van der Waals surface area (Å²) in [6.45, 7) is 3.32. The van der Waals surface area contributed by atoms with E-state index in [9.17, 15) is 15.0 Å². The molecule has 1 fully saturated rings. The van der Waals surface area contributed by atoms with Gasteiger partial charge in [-0.25, -0.2) is 4.79 Å². The fourth-order valence-corrected chi connectivity index (χ4v) is 1.82. The Hall–Kier alpha value is -1.44. The summed E-state index contributed by atoms with van der Waals surface area (Å²) in [6.07, 6.45) is -2.19. The Morgan fingerprint density at radius 2 is 2.12 bits per heavy atom. The second kappa shape index (κ2) is 4.10. The Bertz CT molecular complexity index is 487. The molecule has 1 saturated heterocycles. The molecule has 1 aromatic rings. The van der Waals surface area contributed by atoms with E-state index in [0.717, 1.165) is 4.57 Å². The van der Waals surface area contributed by atoms with Crippen LogP contribution in [0.4, 0.5) is 5.82 Å². The van der Waals surface area contributed by atoms with Crippen molar-refractivity contribution in [3.63, 3.8) is 0 Å². The number of ether oxygens (including phenoxy) is 1. The van der Waals surface area contributed by atoms with Crippen molar-refractivity contribution >= 4 is 5.82 Å². The van der Waals surface area contributed by atoms with Gasteiger partial charge in [0.2, 0.25) is 0 Å². The van der Waals surface area contributed by atoms with Gasteiger partial charge in [0.05, 0.1) is 6.10 Å². The standard InChI is InChI=1S/C10H15N3O4/c1-4-3-13(10(16)12-8(4)11)9-7(15)6(14)5(2)17-9/h3,5-7,9,14-15H,1-2H3,(H2,11,12,16)/t5-,6-,7-,9-/m1/s1. The summed E-state index contributed by atoms with van der Waals surface area (Å²) in [4.78, 5) is 15.3. The molecule has 4 atom stereocenters. The lowest BCUT2D eigenvalue weighted by Gasteiger charge is -2.17. The van der Waals surface area contributed by atoms with Crippen molar-refractivity contribution in [2.45, 2.75) is 38.4 Å². The predicted octanol–water partition coefficient (Wildman–Crippen LogP) is -1.23. The Morgan fingerprint density at radius 3 is 2.65 bits per heavy atom. The normalized spacial score (nSPS) is 32.9. The highest BCUT2D eigenvalue weighted by atomic mass is 16.6. The minimum atomic E-state index is -1.16. The highest BCUT2D eigenvalue weighted by Crippen LogP contribution is 2.28. The molecule has 0 aliphatic carbocycles. The van der Waals surface area contributed by atoms with Crippen LogP contribution in [-0.2, 0) is 4.74 Å². The Kier molecular flexibility index (Phi) is 2.90. The van der Waals surface area contributed by atoms with Gasteiger partial charge in [-0.2, -0.15) is 4.98 Å². The summed E-state index contributed by atoms with van der Waals surface area (Å²) in [7, 11) is 0. The third-order valence-electron chi connectivity index (χ3n) is 2.92. The molecule has 0 amide bonds. The first-order valence-electron chi connectivity index (χ1n) is 5.28. The zero-order chi connectivity index (χ0) is 12.7. The van der Waals surface area contributed by atoms with Crippen molar-refractivity contribution in [3.8, 4) is 0 Å². The molecule has 94 valence electrons. The maximum absolute atomic E-state index is 11.6. The SMILES string of the molecule is Cc1cn([C@@H]2O[C@H](C)[C@@H](O)[C@H]2O)c(=O)nc1N. The Morgan fingerprint density at radius 1 is 1.47 bits per heavy atom. The fourth-order valence-electron chi connectivity index (χ4n) is 1.82. The van der Waals surface area contributed by atoms with Crippen molar-refractivity contribution in [2.75, 3.05) is 5.73 Å². The van der Waals surface area contributed by atoms with E-state index in [4.69, 9.17) is 10.5 Å². The molecule has 1 aromatic heterocycles. The van der Waals surface area contributed by atoms with Crippen molar-refractivity contribution in [1.29, 1.82) is 0 Å². The molecule has 0 aromatic carbocycles. The first-order chi connectivity index (χ1) is 7.91. The summed E-state index contributed by atoms with van der Waals surface area (Å²) in [6, 6.07) is 0. The second-order valence-electron chi connectivity index (χ2n) is 4.21. The van der Waals surface area contributed by atoms with Gasteiger partial charge in [0.25, 0.3) is 0 Å². The van der Waals surface area contributed by atoms with Crippen LogP contribution in [0.15, 0.2) is 11.0 Å². The van der Waals surface area contributed by atoms with Gasteiger partial charge in [0, 0.05) is 11.8 Å². The molecule has 0 unspecified atom stereocenters. The van der Waals surface area contributed by atoms with Gasteiger partial charge in [-0.3, -0.25) is 4.57 Å². The molecular weight excluding hydrogens is 226 g/mol. The van der Waals surface area contributed by atoms with E-state index in [1.54, 1.807) is 13.8 Å². The van der Waals surface area contributed by atoms with Crippen LogP contribution in [0.1, 0.15) is 18.7 Å². The third kappa shape index (κ3) is 1.92. The van der Waals surface area contributed by atoms with Gasteiger partial charge in [-0.1, -0.05) is 0 Å². The molecule has 17 heavy (non-hydrogen) atoms. The molecule has 2 heterocycles. The summed E-state index contributed by atoms with van der Waals surface area (Å²) in [5, 5.41) is 19.3. The highest BCUT2D eigenvalue weighted by Gasteiger charge is 2.41. The van der Waals surface area contributed by atoms with Gasteiger partial charge in [-0.15, -0.1) is 0 Å². The van der Waals surface area contributed by atoms with E-state index in [-0.39, 0.29) is 5.82 Å². The van der Waals surface area contributed by atoms with E-state index in [0.29, 0.717) is 5.56 Å². The highest BCUT2D eigenvalue weighted by molar-refractivity contribution is 5.35. The van der Waals surface area contributed by atoms with Gasteiger partial charge in [0.1, 0.15) is 18.0 Å². The Balaban J connectivity index is 2.42. The van der Waals surface area contributed by atoms with Gasteiger partial charge < -0.3 is 20.7 Å². The van der Waals surface area contributed by atoms with E-state index in [2.05, 4.69) is 4.98 Å². The number of aliphatic hydroxyl groups is 2. The molecule has 0 bridgehead atoms. The number of nitrogen functional groups attached to an aromatic ring is 1. The quantitative estimate of drug-likeness (QED) is 0.568. The maximum atomic E-state index is 11.6. The summed E-state index contributed by atoms with van der Waals surface area (Å²) in [5.74, 6) is 0.146. The van der Waals surface area contributed by atoms with E-state index < -0.39 is 30.2 Å². The van der Waals surface area contributed by atoms with Crippen LogP contribution in [0.5, 0.6) is 0 Å². The van der Waals surface area contributed by atoms with Gasteiger partial charge in [0.15, 0.2) is 6.23 Å². The lowest BCUT2D eigenvalue weighted by atomic mass is 10.1. The lowest BCUT2D eigenvalue weighted by Crippen LogP contribution is -2.35. The number of nitrogens with two attached hydrogens (primary N) is 1. The number of hydrogen-bond donors (Lipinski definition) is 3. The van der Waals surface area contributed by atoms with Crippen LogP contribution < -0.4 is 11.4 Å². The zero-order valence-corrected chi connectivity index (χ0v) is 9.57. The van der Waals surface area contributed by atoms with Crippen LogP contribution >= 0.6 is 0 Å². The van der Waals surface area contributed by atoms with Gasteiger partial charge in [-0.05, 0) is 13.8 Å². The molecule has 7 nitrogen and oxygen atoms in total. The van der Waals surface area contributed by atoms with E-state index in [1.165, 1.54) is 6.20 Å². The minimum absolute atomic E-state index is 0.146. The number of aryl methyl sites for hydroxylation is 1. The molecule has 1 aliphatic heterocycles. The molecule has 4 N–H and O–H groups in total. The molecule has 0 saturated carbocycles. The number of nitrogens with zero attached hydrogens (tertiary/aromatic N) is 2. The molecule has 0 radical (unpaired) electrons. The molecule has 0 spiro atoms. The van der Waals surface area contributed by atoms with Crippen LogP contribution in [0, 0.1) is 6.92 Å². The zero-order valence-electron chi connectivity index (χ0n) is 9.57. The van der Waals surface area contributed by atoms with Crippen molar-refractivity contribution in [3.05, 3.63) is 22.2 Å². The molecule has 1 aliphatic rings. The monoisotopic (exact) mass is 241 g/mol. The third-order valence-corrected chi connectivity index (χ3v) is 2.92.